The first kappa shape index (κ1) is 28.8. The fourth-order valence-corrected chi connectivity index (χ4v) is 6.81. The minimum Gasteiger partial charge on any atom is -0.510 e. The molecule has 3 aliphatic rings. The van der Waals surface area contributed by atoms with E-state index in [4.69, 9.17) is 10.3 Å². The summed E-state index contributed by atoms with van der Waals surface area (Å²) in [4.78, 5) is 53.6. The number of anilines is 1. The van der Waals surface area contributed by atoms with Gasteiger partial charge >= 0.3 is 0 Å². The monoisotopic (exact) mass is 600 g/mol. The van der Waals surface area contributed by atoms with Crippen LogP contribution in [0.5, 0.6) is 5.75 Å². The molecule has 44 heavy (non-hydrogen) atoms. The number of amides is 2. The van der Waals surface area contributed by atoms with E-state index in [-0.39, 0.29) is 35.5 Å². The zero-order valence-electron chi connectivity index (χ0n) is 23.6. The molecule has 0 fully saturated rings. The molecule has 0 saturated carbocycles. The zero-order valence-corrected chi connectivity index (χ0v) is 23.6. The molecule has 0 aliphatic heterocycles. The van der Waals surface area contributed by atoms with Crippen molar-refractivity contribution in [1.29, 1.82) is 0 Å². The number of phenols is 1. The van der Waals surface area contributed by atoms with Crippen LogP contribution in [0.1, 0.15) is 32.9 Å². The lowest BCUT2D eigenvalue weighted by Gasteiger charge is -2.50. The topological polar surface area (TPSA) is 217 Å². The predicted octanol–water partition coefficient (Wildman–Crippen LogP) is 2.03. The Morgan fingerprint density at radius 3 is 2.52 bits per heavy atom. The Hall–Kier alpha value is -5.27. The average Bonchev–Trinajstić information content (AvgIpc) is 3.50. The van der Waals surface area contributed by atoms with Crippen molar-refractivity contribution in [1.82, 2.24) is 10.1 Å². The molecular formula is C31H28N4O9. The number of hydrogen-bond donors (Lipinski definition) is 6. The van der Waals surface area contributed by atoms with Crippen LogP contribution < -0.4 is 11.1 Å². The summed E-state index contributed by atoms with van der Waals surface area (Å²) in [6, 6.07) is 10.1. The number of phenolic OH excluding ortho intramolecular Hbond substituents is 1. The number of carbonyl (C=O) groups excluding carboxylic acids is 4. The van der Waals surface area contributed by atoms with Crippen LogP contribution in [0.4, 0.5) is 5.69 Å². The van der Waals surface area contributed by atoms with Gasteiger partial charge in [0.1, 0.15) is 22.8 Å². The van der Waals surface area contributed by atoms with Gasteiger partial charge in [0.05, 0.1) is 17.8 Å². The SMILES string of the molecule is CN(C)[C@@H]1C(O)=C(C(N)=O)C(=O)[C@@]2(O)C(O)=C3C(=O)c4c(O)ccc(-c5cccc(NC(=O)c6ccno6)c5)c4C[C@H]3C[C@@H]12. The maximum absolute atomic E-state index is 14.0. The van der Waals surface area contributed by atoms with E-state index in [1.807, 2.05) is 0 Å². The van der Waals surface area contributed by atoms with Crippen LogP contribution in [0.2, 0.25) is 0 Å². The lowest BCUT2D eigenvalue weighted by atomic mass is 9.58. The third-order valence-electron chi connectivity index (χ3n) is 8.70. The highest BCUT2D eigenvalue weighted by Gasteiger charge is 2.63. The minimum absolute atomic E-state index is 0.0143. The maximum Gasteiger partial charge on any atom is 0.294 e. The van der Waals surface area contributed by atoms with E-state index in [1.54, 1.807) is 44.4 Å². The summed E-state index contributed by atoms with van der Waals surface area (Å²) in [5, 5.41) is 51.2. The normalized spacial score (nSPS) is 24.6. The van der Waals surface area contributed by atoms with E-state index in [9.17, 15) is 39.6 Å². The number of allylic oxidation sites excluding steroid dienone is 1. The fraction of sp³-hybridized carbons (Fsp3) is 0.258. The number of aromatic nitrogens is 1. The summed E-state index contributed by atoms with van der Waals surface area (Å²) in [5.41, 5.74) is 3.51. The number of aliphatic hydroxyl groups excluding tert-OH is 2. The van der Waals surface area contributed by atoms with Crippen molar-refractivity contribution in [3.8, 4) is 16.9 Å². The third-order valence-corrected chi connectivity index (χ3v) is 8.70. The van der Waals surface area contributed by atoms with Gasteiger partial charge in [-0.25, -0.2) is 0 Å². The molecule has 0 saturated heterocycles. The molecule has 13 nitrogen and oxygen atoms in total. The summed E-state index contributed by atoms with van der Waals surface area (Å²) in [5.74, 6) is -7.67. The Bertz CT molecular complexity index is 1820. The number of ketones is 2. The number of primary amides is 1. The maximum atomic E-state index is 14.0. The lowest BCUT2D eigenvalue weighted by Crippen LogP contribution is -2.63. The van der Waals surface area contributed by atoms with Crippen LogP contribution in [0.25, 0.3) is 11.1 Å². The van der Waals surface area contributed by atoms with Gasteiger partial charge < -0.3 is 36.0 Å². The molecule has 13 heteroatoms. The quantitative estimate of drug-likeness (QED) is 0.233. The first-order valence-electron chi connectivity index (χ1n) is 13.7. The number of Topliss-reactive ketones (excluding diaryl/α,β-unsaturated/α-hetero) is 2. The number of nitrogens with zero attached hydrogens (tertiary/aromatic N) is 2. The van der Waals surface area contributed by atoms with Crippen molar-refractivity contribution in [2.45, 2.75) is 24.5 Å². The van der Waals surface area contributed by atoms with Gasteiger partial charge in [0, 0.05) is 23.2 Å². The molecule has 0 unspecified atom stereocenters. The van der Waals surface area contributed by atoms with Crippen LogP contribution in [-0.4, -0.2) is 79.6 Å². The number of nitrogens with one attached hydrogen (secondary N) is 1. The van der Waals surface area contributed by atoms with Crippen molar-refractivity contribution in [3.05, 3.63) is 88.2 Å². The second-order valence-electron chi connectivity index (χ2n) is 11.4. The van der Waals surface area contributed by atoms with E-state index in [0.29, 0.717) is 22.4 Å². The number of fused-ring (bicyclic) bond motifs is 3. The Morgan fingerprint density at radius 1 is 1.11 bits per heavy atom. The van der Waals surface area contributed by atoms with E-state index >= 15 is 0 Å². The average molecular weight is 601 g/mol. The van der Waals surface area contributed by atoms with Gasteiger partial charge in [-0.2, -0.15) is 0 Å². The molecule has 1 aromatic heterocycles. The number of aliphatic hydroxyl groups is 3. The molecule has 3 aliphatic carbocycles. The number of aromatic hydroxyl groups is 1. The molecule has 0 spiro atoms. The molecule has 4 atom stereocenters. The smallest absolute Gasteiger partial charge is 0.294 e. The molecule has 1 heterocycles. The highest BCUT2D eigenvalue weighted by Crippen LogP contribution is 2.53. The van der Waals surface area contributed by atoms with Gasteiger partial charge in [0.2, 0.25) is 11.5 Å². The second kappa shape index (κ2) is 10.2. The molecule has 3 aromatic rings. The Balaban J connectivity index is 1.45. The van der Waals surface area contributed by atoms with Gasteiger partial charge in [-0.15, -0.1) is 0 Å². The van der Waals surface area contributed by atoms with Crippen molar-refractivity contribution < 1.29 is 44.1 Å². The molecule has 0 radical (unpaired) electrons. The Kier molecular flexibility index (Phi) is 6.67. The summed E-state index contributed by atoms with van der Waals surface area (Å²) in [6.07, 6.45) is 1.43. The van der Waals surface area contributed by atoms with Crippen LogP contribution >= 0.6 is 0 Å². The van der Waals surface area contributed by atoms with Crippen molar-refractivity contribution in [2.75, 3.05) is 19.4 Å². The van der Waals surface area contributed by atoms with Crippen molar-refractivity contribution in [3.63, 3.8) is 0 Å². The molecule has 226 valence electrons. The highest BCUT2D eigenvalue weighted by atomic mass is 16.5. The summed E-state index contributed by atoms with van der Waals surface area (Å²) >= 11 is 0. The number of hydrogen-bond acceptors (Lipinski definition) is 11. The Labute approximate surface area is 249 Å². The van der Waals surface area contributed by atoms with E-state index in [1.165, 1.54) is 23.2 Å². The number of nitrogens with two attached hydrogens (primary N) is 1. The van der Waals surface area contributed by atoms with Crippen LogP contribution in [0.3, 0.4) is 0 Å². The fourth-order valence-electron chi connectivity index (χ4n) is 6.81. The van der Waals surface area contributed by atoms with Crippen LogP contribution in [0, 0.1) is 11.8 Å². The van der Waals surface area contributed by atoms with Crippen LogP contribution in [0.15, 0.2) is 75.8 Å². The van der Waals surface area contributed by atoms with Crippen molar-refractivity contribution in [2.24, 2.45) is 17.6 Å². The summed E-state index contributed by atoms with van der Waals surface area (Å²) < 4.78 is 4.90. The number of rotatable bonds is 5. The zero-order chi connectivity index (χ0) is 31.7. The van der Waals surface area contributed by atoms with E-state index < -0.39 is 64.0 Å². The van der Waals surface area contributed by atoms with E-state index in [2.05, 4.69) is 10.5 Å². The van der Waals surface area contributed by atoms with Gasteiger partial charge in [0.15, 0.2) is 11.4 Å². The van der Waals surface area contributed by atoms with Crippen LogP contribution in [-0.2, 0) is 16.0 Å². The summed E-state index contributed by atoms with van der Waals surface area (Å²) in [6.45, 7) is 0. The molecule has 6 rings (SSSR count). The van der Waals surface area contributed by atoms with Crippen molar-refractivity contribution >= 4 is 29.1 Å². The number of carbonyl (C=O) groups is 4. The standard InChI is InChI=1S/C31H28N4O9/c1-35(2)24-18-12-14-11-17-16(13-4-3-5-15(10-13)34-30(42)20-8-9-33-44-20)6-7-19(36)22(17)25(37)21(14)27(39)31(18,43)28(40)23(26(24)38)29(32)41/h3-10,14,18,24,36,38-39,43H,11-12H2,1-2H3,(H2,32,41)(H,34,42)/t14-,18-,24-,31-/m0/s1. The molecule has 0 bridgehead atoms. The first-order chi connectivity index (χ1) is 20.9. The molecular weight excluding hydrogens is 572 g/mol. The highest BCUT2D eigenvalue weighted by molar-refractivity contribution is 6.25. The molecule has 7 N–H and O–H groups in total. The lowest BCUT2D eigenvalue weighted by molar-refractivity contribution is -0.148. The minimum atomic E-state index is -2.71. The third kappa shape index (κ3) is 4.12. The molecule has 2 aromatic carbocycles. The van der Waals surface area contributed by atoms with E-state index in [0.717, 1.165) is 0 Å². The van der Waals surface area contributed by atoms with Gasteiger partial charge in [-0.1, -0.05) is 23.4 Å². The number of benzene rings is 2. The van der Waals surface area contributed by atoms with Gasteiger partial charge in [-0.05, 0) is 67.7 Å². The molecule has 2 amide bonds. The predicted molar refractivity (Wildman–Crippen MR) is 154 cm³/mol. The van der Waals surface area contributed by atoms with Gasteiger partial charge in [0.25, 0.3) is 11.8 Å². The van der Waals surface area contributed by atoms with Gasteiger partial charge in [-0.3, -0.25) is 24.1 Å². The largest absolute Gasteiger partial charge is 0.510 e. The Morgan fingerprint density at radius 2 is 1.86 bits per heavy atom. The second-order valence-corrected chi connectivity index (χ2v) is 11.4. The first-order valence-corrected chi connectivity index (χ1v) is 13.7. The number of likely N-dealkylation sites (N-methyl/N-ethyl adjacent to an activating group) is 1. The summed E-state index contributed by atoms with van der Waals surface area (Å²) in [7, 11) is 3.13.